The maximum Gasteiger partial charge on any atom is 0.171 e. The fourth-order valence-corrected chi connectivity index (χ4v) is 7.31. The molecule has 3 nitrogen and oxygen atoms in total. The average Bonchev–Trinajstić information content (AvgIpc) is 2.71. The van der Waals surface area contributed by atoms with Gasteiger partial charge in [-0.15, -0.1) is 0 Å². The van der Waals surface area contributed by atoms with Crippen molar-refractivity contribution in [3.8, 4) is 0 Å². The predicted octanol–water partition coefficient (Wildman–Crippen LogP) is 4.86. The van der Waals surface area contributed by atoms with Crippen molar-refractivity contribution >= 4 is 11.4 Å². The molecule has 2 fully saturated rings. The number of hydrogen-bond donors (Lipinski definition) is 2. The van der Waals surface area contributed by atoms with Gasteiger partial charge in [-0.25, -0.2) is 0 Å². The summed E-state index contributed by atoms with van der Waals surface area (Å²) in [6.07, 6.45) is 8.95. The first kappa shape index (κ1) is 19.1. The molecule has 3 heteroatoms. The van der Waals surface area contributed by atoms with Gasteiger partial charge in [0.2, 0.25) is 0 Å². The van der Waals surface area contributed by atoms with Crippen LogP contribution in [0, 0.1) is 28.6 Å². The number of rotatable bonds is 1. The zero-order valence-corrected chi connectivity index (χ0v) is 17.7. The van der Waals surface area contributed by atoms with Crippen molar-refractivity contribution in [3.63, 3.8) is 0 Å². The molecule has 0 bridgehead atoms. The van der Waals surface area contributed by atoms with Gasteiger partial charge in [0.25, 0.3) is 0 Å². The normalized spacial score (nSPS) is 41.9. The van der Waals surface area contributed by atoms with Gasteiger partial charge in [0, 0.05) is 16.7 Å². The predicted molar refractivity (Wildman–Crippen MR) is 116 cm³/mol. The maximum absolute atomic E-state index is 13.8. The van der Waals surface area contributed by atoms with E-state index in [1.165, 1.54) is 5.57 Å². The standard InChI is InChI=1S/C26H33NO2/c1-25-12-10-18(28)14-17(25)8-9-19-20(25)11-13-26(2)21(19)15-22(27)23(24(26)29)16-6-4-3-5-7-16/h3-8,18-21,28H,9-15,27H2,1-2H3/t18-,19+,20-,21-,25-,26-/m0/s1. The molecule has 2 saturated carbocycles. The molecule has 29 heavy (non-hydrogen) atoms. The molecule has 0 radical (unpaired) electrons. The molecule has 0 amide bonds. The summed E-state index contributed by atoms with van der Waals surface area (Å²) in [5.74, 6) is 1.70. The number of Topliss-reactive ketones (excluding diaryl/α,β-unsaturated/α-hetero) is 1. The number of aliphatic hydroxyl groups excluding tert-OH is 1. The number of benzene rings is 1. The lowest BCUT2D eigenvalue weighted by Gasteiger charge is -2.59. The Bertz CT molecular complexity index is 901. The lowest BCUT2D eigenvalue weighted by atomic mass is 9.45. The van der Waals surface area contributed by atoms with E-state index >= 15 is 0 Å². The van der Waals surface area contributed by atoms with Crippen molar-refractivity contribution in [3.05, 3.63) is 53.2 Å². The van der Waals surface area contributed by atoms with Crippen LogP contribution < -0.4 is 5.73 Å². The zero-order chi connectivity index (χ0) is 20.4. The van der Waals surface area contributed by atoms with Crippen molar-refractivity contribution in [1.82, 2.24) is 0 Å². The Morgan fingerprint density at radius 1 is 1.00 bits per heavy atom. The van der Waals surface area contributed by atoms with Gasteiger partial charge in [0.05, 0.1) is 6.10 Å². The Morgan fingerprint density at radius 3 is 2.48 bits per heavy atom. The van der Waals surface area contributed by atoms with E-state index < -0.39 is 0 Å². The van der Waals surface area contributed by atoms with Crippen molar-refractivity contribution < 1.29 is 9.90 Å². The summed E-state index contributed by atoms with van der Waals surface area (Å²) >= 11 is 0. The van der Waals surface area contributed by atoms with Crippen LogP contribution in [0.4, 0.5) is 0 Å². The number of fused-ring (bicyclic) bond motifs is 5. The van der Waals surface area contributed by atoms with Gasteiger partial charge >= 0.3 is 0 Å². The number of allylic oxidation sites excluding steroid dienone is 3. The molecule has 0 spiro atoms. The SMILES string of the molecule is C[C@]12CC[C@H](O)CC1=CC[C@@H]1[C@@H]2CC[C@]2(C)C(=O)C(c3ccccc3)=C(N)C[C@@H]12. The molecular weight excluding hydrogens is 358 g/mol. The molecule has 0 unspecified atom stereocenters. The van der Waals surface area contributed by atoms with Crippen LogP contribution in [0.3, 0.4) is 0 Å². The lowest BCUT2D eigenvalue weighted by molar-refractivity contribution is -0.135. The number of aliphatic hydroxyl groups is 1. The molecule has 0 saturated heterocycles. The number of carbonyl (C=O) groups excluding carboxylic acids is 1. The Morgan fingerprint density at radius 2 is 1.72 bits per heavy atom. The fraction of sp³-hybridized carbons (Fsp3) is 0.577. The van der Waals surface area contributed by atoms with Gasteiger partial charge in [0.15, 0.2) is 5.78 Å². The second kappa shape index (κ2) is 6.57. The van der Waals surface area contributed by atoms with E-state index in [1.807, 2.05) is 30.3 Å². The third-order valence-corrected chi connectivity index (χ3v) is 9.04. The first-order valence-electron chi connectivity index (χ1n) is 11.3. The van der Waals surface area contributed by atoms with Crippen LogP contribution in [0.25, 0.3) is 5.57 Å². The summed E-state index contributed by atoms with van der Waals surface area (Å²) in [5, 5.41) is 10.2. The van der Waals surface area contributed by atoms with Crippen LogP contribution >= 0.6 is 0 Å². The van der Waals surface area contributed by atoms with Crippen LogP contribution in [-0.2, 0) is 4.79 Å². The molecule has 0 aromatic heterocycles. The summed E-state index contributed by atoms with van der Waals surface area (Å²) in [6, 6.07) is 9.98. The second-order valence-electron chi connectivity index (χ2n) is 10.4. The van der Waals surface area contributed by atoms with Crippen LogP contribution in [0.1, 0.15) is 64.4 Å². The summed E-state index contributed by atoms with van der Waals surface area (Å²) in [7, 11) is 0. The van der Waals surface area contributed by atoms with Crippen LogP contribution in [0.15, 0.2) is 47.7 Å². The molecule has 0 heterocycles. The molecule has 154 valence electrons. The molecule has 1 aromatic rings. The summed E-state index contributed by atoms with van der Waals surface area (Å²) in [6.45, 7) is 4.63. The Balaban J connectivity index is 1.53. The number of hydrogen-bond acceptors (Lipinski definition) is 3. The second-order valence-corrected chi connectivity index (χ2v) is 10.4. The molecule has 3 N–H and O–H groups in total. The minimum Gasteiger partial charge on any atom is -0.401 e. The number of ketones is 1. The molecule has 5 rings (SSSR count). The highest BCUT2D eigenvalue weighted by Crippen LogP contribution is 2.63. The van der Waals surface area contributed by atoms with Crippen LogP contribution in [0.5, 0.6) is 0 Å². The fourth-order valence-electron chi connectivity index (χ4n) is 7.31. The smallest absolute Gasteiger partial charge is 0.171 e. The monoisotopic (exact) mass is 391 g/mol. The molecule has 4 aliphatic carbocycles. The van der Waals surface area contributed by atoms with E-state index in [9.17, 15) is 9.90 Å². The third-order valence-electron chi connectivity index (χ3n) is 9.04. The van der Waals surface area contributed by atoms with E-state index in [0.29, 0.717) is 17.8 Å². The highest BCUT2D eigenvalue weighted by atomic mass is 16.3. The van der Waals surface area contributed by atoms with Crippen molar-refractivity contribution in [2.75, 3.05) is 0 Å². The van der Waals surface area contributed by atoms with E-state index in [0.717, 1.165) is 61.8 Å². The lowest BCUT2D eigenvalue weighted by Crippen LogP contribution is -2.54. The van der Waals surface area contributed by atoms with Gasteiger partial charge in [0.1, 0.15) is 0 Å². The third kappa shape index (κ3) is 2.70. The van der Waals surface area contributed by atoms with Crippen molar-refractivity contribution in [1.29, 1.82) is 0 Å². The Hall–Kier alpha value is -1.87. The Labute approximate surface area is 174 Å². The van der Waals surface area contributed by atoms with Gasteiger partial charge in [-0.05, 0) is 73.7 Å². The van der Waals surface area contributed by atoms with Crippen molar-refractivity contribution in [2.45, 2.75) is 64.9 Å². The number of carbonyl (C=O) groups is 1. The molecule has 1 aromatic carbocycles. The Kier molecular flexibility index (Phi) is 4.33. The molecule has 4 aliphatic rings. The van der Waals surface area contributed by atoms with Gasteiger partial charge in [-0.3, -0.25) is 4.79 Å². The van der Waals surface area contributed by atoms with E-state index in [-0.39, 0.29) is 22.7 Å². The van der Waals surface area contributed by atoms with E-state index in [1.54, 1.807) is 0 Å². The highest BCUT2D eigenvalue weighted by Gasteiger charge is 2.58. The van der Waals surface area contributed by atoms with Crippen molar-refractivity contribution in [2.24, 2.45) is 34.3 Å². The maximum atomic E-state index is 13.8. The van der Waals surface area contributed by atoms with E-state index in [2.05, 4.69) is 19.9 Å². The number of nitrogens with two attached hydrogens (primary N) is 1. The molecule has 0 aliphatic heterocycles. The largest absolute Gasteiger partial charge is 0.401 e. The van der Waals surface area contributed by atoms with Gasteiger partial charge in [-0.1, -0.05) is 55.8 Å². The summed E-state index contributed by atoms with van der Waals surface area (Å²) in [4.78, 5) is 13.8. The minimum atomic E-state index is -0.314. The zero-order valence-electron chi connectivity index (χ0n) is 17.7. The van der Waals surface area contributed by atoms with Gasteiger partial charge in [-0.2, -0.15) is 0 Å². The van der Waals surface area contributed by atoms with Crippen LogP contribution in [-0.4, -0.2) is 17.0 Å². The van der Waals surface area contributed by atoms with Gasteiger partial charge < -0.3 is 10.8 Å². The quantitative estimate of drug-likeness (QED) is 0.672. The first-order valence-corrected chi connectivity index (χ1v) is 11.3. The summed E-state index contributed by atoms with van der Waals surface area (Å²) in [5.41, 5.74) is 10.4. The highest BCUT2D eigenvalue weighted by molar-refractivity contribution is 6.24. The first-order chi connectivity index (χ1) is 13.8. The summed E-state index contributed by atoms with van der Waals surface area (Å²) < 4.78 is 0. The molecule has 6 atom stereocenters. The van der Waals surface area contributed by atoms with Crippen LogP contribution in [0.2, 0.25) is 0 Å². The topological polar surface area (TPSA) is 63.3 Å². The average molecular weight is 392 g/mol. The van der Waals surface area contributed by atoms with E-state index in [4.69, 9.17) is 5.73 Å². The minimum absolute atomic E-state index is 0.178. The molecular formula is C26H33NO2.